The highest BCUT2D eigenvalue weighted by molar-refractivity contribution is 6.31. The minimum absolute atomic E-state index is 0.0187. The molecule has 0 unspecified atom stereocenters. The summed E-state index contributed by atoms with van der Waals surface area (Å²) < 4.78 is 0. The predicted octanol–water partition coefficient (Wildman–Crippen LogP) is 3.30. The van der Waals surface area contributed by atoms with E-state index in [1.165, 1.54) is 18.2 Å². The molecule has 0 bridgehead atoms. The molecule has 1 aliphatic rings. The number of carboxylic acids is 1. The quantitative estimate of drug-likeness (QED) is 0.657. The van der Waals surface area contributed by atoms with E-state index < -0.39 is 10.9 Å². The van der Waals surface area contributed by atoms with E-state index in [-0.39, 0.29) is 17.6 Å². The Kier molecular flexibility index (Phi) is 4.44. The van der Waals surface area contributed by atoms with Crippen molar-refractivity contribution in [3.8, 4) is 0 Å². The number of carbonyl (C=O) groups is 1. The molecule has 0 aliphatic heterocycles. The zero-order chi connectivity index (χ0) is 14.7. The molecule has 1 saturated carbocycles. The molecule has 0 amide bonds. The van der Waals surface area contributed by atoms with Crippen LogP contribution in [0.2, 0.25) is 5.02 Å². The molecule has 0 aromatic heterocycles. The van der Waals surface area contributed by atoms with Gasteiger partial charge in [0.25, 0.3) is 5.69 Å². The fourth-order valence-corrected chi connectivity index (χ4v) is 2.66. The second kappa shape index (κ2) is 6.09. The first-order valence-corrected chi connectivity index (χ1v) is 6.78. The predicted molar refractivity (Wildman–Crippen MR) is 75.1 cm³/mol. The number of hydrogen-bond acceptors (Lipinski definition) is 4. The van der Waals surface area contributed by atoms with Crippen LogP contribution in [-0.2, 0) is 4.79 Å². The van der Waals surface area contributed by atoms with Crippen LogP contribution in [0.25, 0.3) is 0 Å². The maximum Gasteiger partial charge on any atom is 0.306 e. The molecule has 1 aromatic carbocycles. The number of rotatable bonds is 4. The summed E-state index contributed by atoms with van der Waals surface area (Å²) in [6, 6.07) is 4.42. The lowest BCUT2D eigenvalue weighted by molar-refractivity contribution is -0.384. The Labute approximate surface area is 120 Å². The molecule has 0 atom stereocenters. The molecule has 0 radical (unpaired) electrons. The molecule has 7 heteroatoms. The molecule has 1 aliphatic carbocycles. The molecule has 20 heavy (non-hydrogen) atoms. The highest BCUT2D eigenvalue weighted by atomic mass is 35.5. The Morgan fingerprint density at radius 3 is 2.55 bits per heavy atom. The number of nitrogens with one attached hydrogen (secondary N) is 1. The zero-order valence-electron chi connectivity index (χ0n) is 10.7. The van der Waals surface area contributed by atoms with Gasteiger partial charge in [-0.2, -0.15) is 0 Å². The van der Waals surface area contributed by atoms with Crippen molar-refractivity contribution in [2.24, 2.45) is 5.92 Å². The number of carboxylic acid groups (broad SMARTS) is 1. The van der Waals surface area contributed by atoms with E-state index in [2.05, 4.69) is 5.32 Å². The lowest BCUT2D eigenvalue weighted by Gasteiger charge is -2.27. The van der Waals surface area contributed by atoms with Gasteiger partial charge in [-0.1, -0.05) is 11.6 Å². The van der Waals surface area contributed by atoms with Gasteiger partial charge in [0, 0.05) is 17.1 Å². The van der Waals surface area contributed by atoms with Gasteiger partial charge in [0.1, 0.15) is 5.69 Å². The highest BCUT2D eigenvalue weighted by Crippen LogP contribution is 2.32. The SMILES string of the molecule is O=C(O)C1CCC(Nc2cc(Cl)ccc2[N+](=O)[O-])CC1. The molecule has 2 rings (SSSR count). The smallest absolute Gasteiger partial charge is 0.306 e. The largest absolute Gasteiger partial charge is 0.481 e. The Morgan fingerprint density at radius 2 is 2.00 bits per heavy atom. The van der Waals surface area contributed by atoms with Gasteiger partial charge >= 0.3 is 5.97 Å². The first-order chi connectivity index (χ1) is 9.47. The number of nitrogens with zero attached hydrogens (tertiary/aromatic N) is 1. The van der Waals surface area contributed by atoms with Crippen molar-refractivity contribution in [1.29, 1.82) is 0 Å². The summed E-state index contributed by atoms with van der Waals surface area (Å²) in [6.45, 7) is 0. The van der Waals surface area contributed by atoms with Crippen molar-refractivity contribution in [2.75, 3.05) is 5.32 Å². The Bertz CT molecular complexity index is 527. The van der Waals surface area contributed by atoms with Crippen LogP contribution in [0.4, 0.5) is 11.4 Å². The van der Waals surface area contributed by atoms with E-state index in [9.17, 15) is 14.9 Å². The summed E-state index contributed by atoms with van der Waals surface area (Å²) in [5.41, 5.74) is 0.371. The van der Waals surface area contributed by atoms with Gasteiger partial charge in [0.15, 0.2) is 0 Å². The van der Waals surface area contributed by atoms with Crippen LogP contribution in [0.1, 0.15) is 25.7 Å². The Balaban J connectivity index is 2.06. The number of benzene rings is 1. The number of anilines is 1. The minimum atomic E-state index is -0.766. The zero-order valence-corrected chi connectivity index (χ0v) is 11.5. The lowest BCUT2D eigenvalue weighted by atomic mass is 9.86. The van der Waals surface area contributed by atoms with Gasteiger partial charge in [-0.05, 0) is 37.8 Å². The third-order valence-electron chi connectivity index (χ3n) is 3.59. The lowest BCUT2D eigenvalue weighted by Crippen LogP contribution is -2.29. The Hall–Kier alpha value is -1.82. The van der Waals surface area contributed by atoms with E-state index in [0.29, 0.717) is 36.4 Å². The molecule has 0 saturated heterocycles. The van der Waals surface area contributed by atoms with Crippen LogP contribution >= 0.6 is 11.6 Å². The van der Waals surface area contributed by atoms with Gasteiger partial charge in [-0.25, -0.2) is 0 Å². The van der Waals surface area contributed by atoms with Crippen LogP contribution < -0.4 is 5.32 Å². The maximum absolute atomic E-state index is 11.0. The molecule has 6 nitrogen and oxygen atoms in total. The van der Waals surface area contributed by atoms with Crippen LogP contribution in [0.5, 0.6) is 0 Å². The molecule has 1 aromatic rings. The first kappa shape index (κ1) is 14.6. The summed E-state index contributed by atoms with van der Waals surface area (Å²) >= 11 is 5.86. The molecule has 2 N–H and O–H groups in total. The third-order valence-corrected chi connectivity index (χ3v) is 3.83. The number of halogens is 1. The van der Waals surface area contributed by atoms with Gasteiger partial charge in [-0.3, -0.25) is 14.9 Å². The average molecular weight is 299 g/mol. The van der Waals surface area contributed by atoms with Crippen molar-refractivity contribution >= 4 is 28.9 Å². The van der Waals surface area contributed by atoms with Gasteiger partial charge in [0.2, 0.25) is 0 Å². The molecule has 0 heterocycles. The second-order valence-corrected chi connectivity index (χ2v) is 5.39. The summed E-state index contributed by atoms with van der Waals surface area (Å²) in [6.07, 6.45) is 2.53. The van der Waals surface area contributed by atoms with Crippen LogP contribution in [0, 0.1) is 16.0 Å². The summed E-state index contributed by atoms with van der Waals surface area (Å²) in [7, 11) is 0. The van der Waals surface area contributed by atoms with Crippen molar-refractivity contribution in [3.63, 3.8) is 0 Å². The van der Waals surface area contributed by atoms with Gasteiger partial charge in [-0.15, -0.1) is 0 Å². The van der Waals surface area contributed by atoms with Crippen LogP contribution in [0.3, 0.4) is 0 Å². The van der Waals surface area contributed by atoms with E-state index >= 15 is 0 Å². The summed E-state index contributed by atoms with van der Waals surface area (Å²) in [5.74, 6) is -1.07. The fourth-order valence-electron chi connectivity index (χ4n) is 2.49. The topological polar surface area (TPSA) is 92.5 Å². The molecular formula is C13H15ClN2O4. The summed E-state index contributed by atoms with van der Waals surface area (Å²) in [5, 5.41) is 23.4. The number of hydrogen-bond donors (Lipinski definition) is 2. The Morgan fingerprint density at radius 1 is 1.35 bits per heavy atom. The highest BCUT2D eigenvalue weighted by Gasteiger charge is 2.27. The average Bonchev–Trinajstić information content (AvgIpc) is 2.39. The maximum atomic E-state index is 11.0. The van der Waals surface area contributed by atoms with Crippen LogP contribution in [0.15, 0.2) is 18.2 Å². The minimum Gasteiger partial charge on any atom is -0.481 e. The van der Waals surface area contributed by atoms with Crippen molar-refractivity contribution in [3.05, 3.63) is 33.3 Å². The normalized spacial score (nSPS) is 22.2. The van der Waals surface area contributed by atoms with E-state index in [4.69, 9.17) is 16.7 Å². The standard InChI is InChI=1S/C13H15ClN2O4/c14-9-3-6-12(16(19)20)11(7-9)15-10-4-1-8(2-5-10)13(17)18/h3,6-8,10,15H,1-2,4-5H2,(H,17,18). The fraction of sp³-hybridized carbons (Fsp3) is 0.462. The molecule has 108 valence electrons. The van der Waals surface area contributed by atoms with E-state index in [0.717, 1.165) is 0 Å². The van der Waals surface area contributed by atoms with E-state index in [1.807, 2.05) is 0 Å². The van der Waals surface area contributed by atoms with Crippen molar-refractivity contribution in [1.82, 2.24) is 0 Å². The van der Waals surface area contributed by atoms with Crippen molar-refractivity contribution < 1.29 is 14.8 Å². The monoisotopic (exact) mass is 298 g/mol. The molecular weight excluding hydrogens is 284 g/mol. The number of aliphatic carboxylic acids is 1. The number of nitro benzene ring substituents is 1. The first-order valence-electron chi connectivity index (χ1n) is 6.40. The van der Waals surface area contributed by atoms with Gasteiger partial charge in [0.05, 0.1) is 10.8 Å². The molecule has 0 spiro atoms. The molecule has 1 fully saturated rings. The second-order valence-electron chi connectivity index (χ2n) is 4.95. The van der Waals surface area contributed by atoms with Crippen LogP contribution in [-0.4, -0.2) is 22.0 Å². The third kappa shape index (κ3) is 3.39. The van der Waals surface area contributed by atoms with Crippen molar-refractivity contribution in [2.45, 2.75) is 31.7 Å². The van der Waals surface area contributed by atoms with Gasteiger partial charge < -0.3 is 10.4 Å². The number of nitro groups is 1. The van der Waals surface area contributed by atoms with E-state index in [1.54, 1.807) is 0 Å². The summed E-state index contributed by atoms with van der Waals surface area (Å²) in [4.78, 5) is 21.4.